The van der Waals surface area contributed by atoms with Gasteiger partial charge in [-0.3, -0.25) is 0 Å². The quantitative estimate of drug-likeness (QED) is 0.801. The van der Waals surface area contributed by atoms with Gasteiger partial charge in [0.1, 0.15) is 5.82 Å². The van der Waals surface area contributed by atoms with Crippen LogP contribution in [0, 0.1) is 6.92 Å². The van der Waals surface area contributed by atoms with Crippen LogP contribution in [0.4, 0.5) is 5.82 Å². The summed E-state index contributed by atoms with van der Waals surface area (Å²) >= 11 is 3.58. The van der Waals surface area contributed by atoms with Crippen molar-refractivity contribution >= 4 is 32.7 Å². The second-order valence-corrected chi connectivity index (χ2v) is 6.05. The van der Waals surface area contributed by atoms with Crippen molar-refractivity contribution in [3.8, 4) is 0 Å². The molecule has 0 N–H and O–H groups in total. The molecule has 17 heavy (non-hydrogen) atoms. The Balaban J connectivity index is 2.43. The van der Waals surface area contributed by atoms with Crippen molar-refractivity contribution < 1.29 is 0 Å². The van der Waals surface area contributed by atoms with Crippen molar-refractivity contribution in [2.75, 3.05) is 18.5 Å². The lowest BCUT2D eigenvalue weighted by Gasteiger charge is -2.22. The number of hydrogen-bond acceptors (Lipinski definition) is 2. The molecule has 0 bridgehead atoms. The van der Waals surface area contributed by atoms with Gasteiger partial charge in [0, 0.05) is 23.8 Å². The van der Waals surface area contributed by atoms with Crippen molar-refractivity contribution in [2.24, 2.45) is 0 Å². The molecule has 1 aromatic carbocycles. The average Bonchev–Trinajstić information content (AvgIpc) is 2.27. The zero-order valence-electron chi connectivity index (χ0n) is 10.4. The molecule has 0 spiro atoms. The normalized spacial score (nSPS) is 12.7. The molecule has 0 saturated carbocycles. The number of fused-ring (bicyclic) bond motifs is 1. The third-order valence-corrected chi connectivity index (χ3v) is 3.06. The number of alkyl halides is 1. The standard InChI is InChI=1S/C14H17BrN2/c1-10-8-12-6-4-5-7-13(12)16-14(10)17(3)9-11(2)15/h4-8,11H,9H2,1-3H3. The second kappa shape index (κ2) is 5.05. The van der Waals surface area contributed by atoms with Gasteiger partial charge < -0.3 is 4.90 Å². The van der Waals surface area contributed by atoms with Crippen LogP contribution in [0.2, 0.25) is 0 Å². The predicted molar refractivity (Wildman–Crippen MR) is 78.1 cm³/mol. The molecule has 0 aliphatic carbocycles. The molecule has 2 nitrogen and oxygen atoms in total. The van der Waals surface area contributed by atoms with Gasteiger partial charge in [0.15, 0.2) is 0 Å². The van der Waals surface area contributed by atoms with E-state index in [9.17, 15) is 0 Å². The Bertz CT molecular complexity index is 523. The van der Waals surface area contributed by atoms with Gasteiger partial charge >= 0.3 is 0 Å². The Morgan fingerprint density at radius 2 is 2.06 bits per heavy atom. The van der Waals surface area contributed by atoms with E-state index in [1.807, 2.05) is 12.1 Å². The van der Waals surface area contributed by atoms with Gasteiger partial charge in [0.2, 0.25) is 0 Å². The van der Waals surface area contributed by atoms with Gasteiger partial charge in [-0.2, -0.15) is 0 Å². The fourth-order valence-corrected chi connectivity index (χ4v) is 2.50. The van der Waals surface area contributed by atoms with Crippen molar-refractivity contribution in [1.29, 1.82) is 0 Å². The molecular weight excluding hydrogens is 276 g/mol. The number of pyridine rings is 1. The van der Waals surface area contributed by atoms with Crippen LogP contribution in [0.5, 0.6) is 0 Å². The number of anilines is 1. The number of para-hydroxylation sites is 1. The fraction of sp³-hybridized carbons (Fsp3) is 0.357. The molecule has 2 aromatic rings. The molecule has 1 atom stereocenters. The summed E-state index contributed by atoms with van der Waals surface area (Å²) in [6, 6.07) is 10.4. The molecule has 2 rings (SSSR count). The largest absolute Gasteiger partial charge is 0.358 e. The molecule has 0 radical (unpaired) electrons. The van der Waals surface area contributed by atoms with Crippen LogP contribution < -0.4 is 4.90 Å². The van der Waals surface area contributed by atoms with Crippen molar-refractivity contribution in [3.63, 3.8) is 0 Å². The van der Waals surface area contributed by atoms with Crippen molar-refractivity contribution in [1.82, 2.24) is 4.98 Å². The number of nitrogens with zero attached hydrogens (tertiary/aromatic N) is 2. The molecular formula is C14H17BrN2. The van der Waals surface area contributed by atoms with Crippen LogP contribution in [0.1, 0.15) is 12.5 Å². The molecule has 90 valence electrons. The van der Waals surface area contributed by atoms with Gasteiger partial charge in [-0.25, -0.2) is 4.98 Å². The molecule has 1 aromatic heterocycles. The highest BCUT2D eigenvalue weighted by Crippen LogP contribution is 2.22. The highest BCUT2D eigenvalue weighted by Gasteiger charge is 2.09. The van der Waals surface area contributed by atoms with Crippen molar-refractivity contribution in [2.45, 2.75) is 18.7 Å². The summed E-state index contributed by atoms with van der Waals surface area (Å²) in [6.07, 6.45) is 0. The van der Waals surface area contributed by atoms with E-state index in [1.165, 1.54) is 10.9 Å². The Hall–Kier alpha value is -1.09. The maximum atomic E-state index is 4.73. The lowest BCUT2D eigenvalue weighted by Crippen LogP contribution is -2.25. The Morgan fingerprint density at radius 1 is 1.35 bits per heavy atom. The van der Waals surface area contributed by atoms with Crippen LogP contribution in [0.3, 0.4) is 0 Å². The third kappa shape index (κ3) is 2.78. The molecule has 0 amide bonds. The van der Waals surface area contributed by atoms with Gasteiger partial charge in [-0.15, -0.1) is 0 Å². The highest BCUT2D eigenvalue weighted by atomic mass is 79.9. The van der Waals surface area contributed by atoms with Gasteiger partial charge in [-0.1, -0.05) is 41.1 Å². The topological polar surface area (TPSA) is 16.1 Å². The van der Waals surface area contributed by atoms with Crippen LogP contribution in [-0.2, 0) is 0 Å². The number of aromatic nitrogens is 1. The minimum atomic E-state index is 0.458. The summed E-state index contributed by atoms with van der Waals surface area (Å²) in [6.45, 7) is 5.21. The molecule has 0 aliphatic heterocycles. The minimum Gasteiger partial charge on any atom is -0.358 e. The van der Waals surface area contributed by atoms with Crippen LogP contribution in [-0.4, -0.2) is 23.4 Å². The van der Waals surface area contributed by atoms with E-state index < -0.39 is 0 Å². The van der Waals surface area contributed by atoms with E-state index in [4.69, 9.17) is 4.98 Å². The molecule has 0 fully saturated rings. The zero-order chi connectivity index (χ0) is 12.4. The maximum Gasteiger partial charge on any atom is 0.131 e. The summed E-state index contributed by atoms with van der Waals surface area (Å²) < 4.78 is 0. The first-order chi connectivity index (χ1) is 8.08. The molecule has 1 unspecified atom stereocenters. The number of halogens is 1. The number of rotatable bonds is 3. The summed E-state index contributed by atoms with van der Waals surface area (Å²) in [5.41, 5.74) is 2.28. The lowest BCUT2D eigenvalue weighted by atomic mass is 10.1. The SMILES string of the molecule is Cc1cc2ccccc2nc1N(C)CC(C)Br. The van der Waals surface area contributed by atoms with Crippen LogP contribution in [0.15, 0.2) is 30.3 Å². The van der Waals surface area contributed by atoms with Gasteiger partial charge in [0.25, 0.3) is 0 Å². The summed E-state index contributed by atoms with van der Waals surface area (Å²) in [5, 5.41) is 1.20. The Labute approximate surface area is 111 Å². The maximum absolute atomic E-state index is 4.73. The second-order valence-electron chi connectivity index (χ2n) is 4.48. The first-order valence-corrected chi connectivity index (χ1v) is 6.71. The van der Waals surface area contributed by atoms with E-state index >= 15 is 0 Å². The summed E-state index contributed by atoms with van der Waals surface area (Å²) in [7, 11) is 2.09. The number of aryl methyl sites for hydroxylation is 1. The molecule has 1 heterocycles. The van der Waals surface area contributed by atoms with Gasteiger partial charge in [-0.05, 0) is 24.6 Å². The van der Waals surface area contributed by atoms with E-state index in [2.05, 4.69) is 59.9 Å². The third-order valence-electron chi connectivity index (χ3n) is 2.77. The van der Waals surface area contributed by atoms with Gasteiger partial charge in [0.05, 0.1) is 5.52 Å². The molecule has 3 heteroatoms. The van der Waals surface area contributed by atoms with E-state index in [0.717, 1.165) is 17.9 Å². The van der Waals surface area contributed by atoms with Crippen molar-refractivity contribution in [3.05, 3.63) is 35.9 Å². The Morgan fingerprint density at radius 3 is 2.76 bits per heavy atom. The van der Waals surface area contributed by atoms with E-state index in [1.54, 1.807) is 0 Å². The first-order valence-electron chi connectivity index (χ1n) is 5.79. The lowest BCUT2D eigenvalue weighted by molar-refractivity contribution is 0.859. The van der Waals surface area contributed by atoms with Crippen LogP contribution >= 0.6 is 15.9 Å². The number of benzene rings is 1. The molecule has 0 saturated heterocycles. The highest BCUT2D eigenvalue weighted by molar-refractivity contribution is 9.09. The molecule has 0 aliphatic rings. The fourth-order valence-electron chi connectivity index (χ4n) is 2.06. The monoisotopic (exact) mass is 292 g/mol. The average molecular weight is 293 g/mol. The predicted octanol–water partition coefficient (Wildman–Crippen LogP) is 3.76. The smallest absolute Gasteiger partial charge is 0.131 e. The zero-order valence-corrected chi connectivity index (χ0v) is 12.0. The summed E-state index contributed by atoms with van der Waals surface area (Å²) in [4.78, 5) is 7.39. The Kier molecular flexibility index (Phi) is 3.67. The first kappa shape index (κ1) is 12.4. The van der Waals surface area contributed by atoms with E-state index in [0.29, 0.717) is 4.83 Å². The minimum absolute atomic E-state index is 0.458. The summed E-state index contributed by atoms with van der Waals surface area (Å²) in [5.74, 6) is 1.06. The van der Waals surface area contributed by atoms with Crippen LogP contribution in [0.25, 0.3) is 10.9 Å². The van der Waals surface area contributed by atoms with E-state index in [-0.39, 0.29) is 0 Å². The number of hydrogen-bond donors (Lipinski definition) is 0.